The fraction of sp³-hybridized carbons (Fsp3) is 0.375. The first-order chi connectivity index (χ1) is 10.2. The zero-order valence-electron chi connectivity index (χ0n) is 12.3. The van der Waals surface area contributed by atoms with E-state index in [1.807, 2.05) is 30.3 Å². The van der Waals surface area contributed by atoms with Crippen LogP contribution in [-0.2, 0) is 4.74 Å². The molecule has 0 amide bonds. The summed E-state index contributed by atoms with van der Waals surface area (Å²) in [4.78, 5) is 8.83. The minimum absolute atomic E-state index is 0.217. The van der Waals surface area contributed by atoms with Crippen molar-refractivity contribution in [3.8, 4) is 11.4 Å². The lowest BCUT2D eigenvalue weighted by Gasteiger charge is -2.18. The van der Waals surface area contributed by atoms with Gasteiger partial charge in [0.05, 0.1) is 12.6 Å². The van der Waals surface area contributed by atoms with Gasteiger partial charge >= 0.3 is 0 Å². The van der Waals surface area contributed by atoms with Crippen LogP contribution < -0.4 is 5.32 Å². The predicted octanol–water partition coefficient (Wildman–Crippen LogP) is 4.02. The van der Waals surface area contributed by atoms with Crippen LogP contribution in [0.5, 0.6) is 0 Å². The van der Waals surface area contributed by atoms with E-state index in [9.17, 15) is 0 Å². The van der Waals surface area contributed by atoms with E-state index in [0.29, 0.717) is 17.6 Å². The molecule has 0 saturated carbocycles. The number of nitrogens with zero attached hydrogens (tertiary/aromatic N) is 2. The molecule has 1 N–H and O–H groups in total. The predicted molar refractivity (Wildman–Crippen MR) is 86.7 cm³/mol. The number of hydrogen-bond acceptors (Lipinski definition) is 4. The van der Waals surface area contributed by atoms with Gasteiger partial charge in [-0.2, -0.15) is 0 Å². The van der Waals surface area contributed by atoms with E-state index < -0.39 is 0 Å². The molecular formula is C16H20ClN3O. The van der Waals surface area contributed by atoms with E-state index in [1.165, 1.54) is 0 Å². The largest absolute Gasteiger partial charge is 0.383 e. The van der Waals surface area contributed by atoms with E-state index in [-0.39, 0.29) is 6.04 Å². The van der Waals surface area contributed by atoms with Crippen molar-refractivity contribution in [2.24, 2.45) is 0 Å². The molecular weight excluding hydrogens is 286 g/mol. The van der Waals surface area contributed by atoms with E-state index in [1.54, 1.807) is 13.2 Å². The van der Waals surface area contributed by atoms with Crippen molar-refractivity contribution < 1.29 is 4.74 Å². The van der Waals surface area contributed by atoms with Gasteiger partial charge in [0.15, 0.2) is 5.82 Å². The number of rotatable bonds is 7. The molecule has 21 heavy (non-hydrogen) atoms. The van der Waals surface area contributed by atoms with Crippen molar-refractivity contribution in [3.05, 3.63) is 41.6 Å². The summed E-state index contributed by atoms with van der Waals surface area (Å²) < 4.78 is 5.23. The summed E-state index contributed by atoms with van der Waals surface area (Å²) >= 11 is 6.12. The zero-order valence-corrected chi connectivity index (χ0v) is 13.1. The number of benzene rings is 1. The third-order valence-electron chi connectivity index (χ3n) is 3.08. The summed E-state index contributed by atoms with van der Waals surface area (Å²) in [6.45, 7) is 2.78. The zero-order chi connectivity index (χ0) is 15.1. The van der Waals surface area contributed by atoms with Crippen molar-refractivity contribution in [1.29, 1.82) is 0 Å². The third-order valence-corrected chi connectivity index (χ3v) is 3.28. The second-order valence-corrected chi connectivity index (χ2v) is 5.24. The minimum atomic E-state index is 0.217. The highest BCUT2D eigenvalue weighted by atomic mass is 35.5. The number of anilines is 1. The van der Waals surface area contributed by atoms with Gasteiger partial charge in [0.1, 0.15) is 11.0 Å². The average Bonchev–Trinajstić information content (AvgIpc) is 2.48. The van der Waals surface area contributed by atoms with Crippen molar-refractivity contribution in [1.82, 2.24) is 9.97 Å². The molecule has 1 unspecified atom stereocenters. The molecule has 0 aliphatic heterocycles. The Labute approximate surface area is 130 Å². The number of nitrogens with one attached hydrogen (secondary N) is 1. The quantitative estimate of drug-likeness (QED) is 0.785. The maximum atomic E-state index is 6.12. The maximum absolute atomic E-state index is 6.12. The monoisotopic (exact) mass is 305 g/mol. The summed E-state index contributed by atoms with van der Waals surface area (Å²) in [5, 5.41) is 3.80. The van der Waals surface area contributed by atoms with Gasteiger partial charge in [0.2, 0.25) is 0 Å². The molecule has 2 rings (SSSR count). The molecule has 0 aliphatic rings. The molecule has 5 heteroatoms. The van der Waals surface area contributed by atoms with E-state index >= 15 is 0 Å². The van der Waals surface area contributed by atoms with Crippen LogP contribution >= 0.6 is 11.6 Å². The van der Waals surface area contributed by atoms with Crippen LogP contribution in [0.25, 0.3) is 11.4 Å². The highest BCUT2D eigenvalue weighted by molar-refractivity contribution is 6.29. The molecule has 112 valence electrons. The molecule has 0 spiro atoms. The van der Waals surface area contributed by atoms with Crippen molar-refractivity contribution >= 4 is 17.4 Å². The SMILES string of the molecule is CCCC(COC)Nc1cc(Cl)nc(-c2ccccc2)n1. The number of aromatic nitrogens is 2. The first-order valence-electron chi connectivity index (χ1n) is 7.08. The Morgan fingerprint density at radius 1 is 1.24 bits per heavy atom. The number of methoxy groups -OCH3 is 1. The number of halogens is 1. The molecule has 1 aromatic heterocycles. The molecule has 1 heterocycles. The van der Waals surface area contributed by atoms with Crippen molar-refractivity contribution in [3.63, 3.8) is 0 Å². The van der Waals surface area contributed by atoms with Gasteiger partial charge in [0, 0.05) is 18.7 Å². The van der Waals surface area contributed by atoms with E-state index in [4.69, 9.17) is 16.3 Å². The first-order valence-corrected chi connectivity index (χ1v) is 7.46. The Morgan fingerprint density at radius 3 is 2.67 bits per heavy atom. The van der Waals surface area contributed by atoms with Crippen LogP contribution in [0.3, 0.4) is 0 Å². The Kier molecular flexibility index (Phi) is 5.96. The molecule has 1 atom stereocenters. The van der Waals surface area contributed by atoms with Crippen molar-refractivity contribution in [2.75, 3.05) is 19.0 Å². The second kappa shape index (κ2) is 7.96. The van der Waals surface area contributed by atoms with Gasteiger partial charge in [-0.3, -0.25) is 0 Å². The maximum Gasteiger partial charge on any atom is 0.163 e. The van der Waals surface area contributed by atoms with Gasteiger partial charge in [-0.25, -0.2) is 9.97 Å². The first kappa shape index (κ1) is 15.7. The lowest BCUT2D eigenvalue weighted by molar-refractivity contribution is 0.182. The second-order valence-electron chi connectivity index (χ2n) is 4.85. The average molecular weight is 306 g/mol. The molecule has 4 nitrogen and oxygen atoms in total. The third kappa shape index (κ3) is 4.69. The fourth-order valence-corrected chi connectivity index (χ4v) is 2.35. The van der Waals surface area contributed by atoms with E-state index in [2.05, 4.69) is 22.2 Å². The molecule has 0 bridgehead atoms. The van der Waals surface area contributed by atoms with Gasteiger partial charge in [-0.1, -0.05) is 55.3 Å². The van der Waals surface area contributed by atoms with Crippen LogP contribution in [0.15, 0.2) is 36.4 Å². The molecule has 0 radical (unpaired) electrons. The Bertz CT molecular complexity index is 557. The number of ether oxygens (including phenoxy) is 1. The van der Waals surface area contributed by atoms with Gasteiger partial charge in [0.25, 0.3) is 0 Å². The van der Waals surface area contributed by atoms with Crippen LogP contribution in [0, 0.1) is 0 Å². The fourth-order valence-electron chi connectivity index (χ4n) is 2.16. The molecule has 0 saturated heterocycles. The highest BCUT2D eigenvalue weighted by Gasteiger charge is 2.11. The Morgan fingerprint density at radius 2 is 2.00 bits per heavy atom. The van der Waals surface area contributed by atoms with Gasteiger partial charge in [-0.05, 0) is 6.42 Å². The summed E-state index contributed by atoms with van der Waals surface area (Å²) in [7, 11) is 1.70. The molecule has 1 aromatic carbocycles. The molecule has 0 fully saturated rings. The van der Waals surface area contributed by atoms with E-state index in [0.717, 1.165) is 24.2 Å². The Balaban J connectivity index is 2.22. The number of hydrogen-bond donors (Lipinski definition) is 1. The van der Waals surface area contributed by atoms with Crippen LogP contribution in [0.2, 0.25) is 5.15 Å². The van der Waals surface area contributed by atoms with Crippen molar-refractivity contribution in [2.45, 2.75) is 25.8 Å². The summed E-state index contributed by atoms with van der Waals surface area (Å²) in [6.07, 6.45) is 2.08. The van der Waals surface area contributed by atoms with Gasteiger partial charge in [-0.15, -0.1) is 0 Å². The summed E-state index contributed by atoms with van der Waals surface area (Å²) in [5.74, 6) is 1.35. The topological polar surface area (TPSA) is 47.0 Å². The lowest BCUT2D eigenvalue weighted by Crippen LogP contribution is -2.25. The lowest BCUT2D eigenvalue weighted by atomic mass is 10.2. The Hall–Kier alpha value is -1.65. The molecule has 0 aliphatic carbocycles. The van der Waals surface area contributed by atoms with Crippen LogP contribution in [0.4, 0.5) is 5.82 Å². The smallest absolute Gasteiger partial charge is 0.163 e. The summed E-state index contributed by atoms with van der Waals surface area (Å²) in [5.41, 5.74) is 0.946. The normalized spacial score (nSPS) is 12.1. The van der Waals surface area contributed by atoms with Crippen LogP contribution in [0.1, 0.15) is 19.8 Å². The minimum Gasteiger partial charge on any atom is -0.383 e. The van der Waals surface area contributed by atoms with Crippen LogP contribution in [-0.4, -0.2) is 29.7 Å². The highest BCUT2D eigenvalue weighted by Crippen LogP contribution is 2.21. The summed E-state index contributed by atoms with van der Waals surface area (Å²) in [6, 6.07) is 11.8. The molecule has 2 aromatic rings. The standard InChI is InChI=1S/C16H20ClN3O/c1-3-7-13(11-21-2)18-15-10-14(17)19-16(20-15)12-8-5-4-6-9-12/h4-6,8-10,13H,3,7,11H2,1-2H3,(H,18,19,20). The van der Waals surface area contributed by atoms with Gasteiger partial charge < -0.3 is 10.1 Å².